The molecule has 0 fully saturated rings. The standard InChI is InChI=1S/C9H6FN/c10-8-5-1-3-7-4-2-6-11-9(7)8/h1-6H/p+1. The number of rotatable bonds is 0. The summed E-state index contributed by atoms with van der Waals surface area (Å²) in [6, 6.07) is 8.73. The summed E-state index contributed by atoms with van der Waals surface area (Å²) in [4.78, 5) is 2.84. The second-order valence-corrected chi connectivity index (χ2v) is 2.37. The zero-order valence-corrected chi connectivity index (χ0v) is 5.84. The molecule has 2 aromatic rings. The number of pyridine rings is 1. The van der Waals surface area contributed by atoms with E-state index in [9.17, 15) is 4.39 Å². The lowest BCUT2D eigenvalue weighted by atomic mass is 10.2. The van der Waals surface area contributed by atoms with E-state index >= 15 is 0 Å². The van der Waals surface area contributed by atoms with Crippen LogP contribution in [0.5, 0.6) is 0 Å². The highest BCUT2D eigenvalue weighted by atomic mass is 19.1. The van der Waals surface area contributed by atoms with E-state index in [0.29, 0.717) is 5.52 Å². The summed E-state index contributed by atoms with van der Waals surface area (Å²) in [6.07, 6.45) is 1.71. The van der Waals surface area contributed by atoms with Crippen LogP contribution >= 0.6 is 0 Å². The molecule has 1 aromatic carbocycles. The number of hydrogen-bond donors (Lipinski definition) is 0. The Kier molecular flexibility index (Phi) is 1.32. The van der Waals surface area contributed by atoms with Gasteiger partial charge in [-0.05, 0) is 18.2 Å². The van der Waals surface area contributed by atoms with Gasteiger partial charge >= 0.3 is 0 Å². The predicted molar refractivity (Wildman–Crippen MR) is 40.5 cm³/mol. The number of aromatic amines is 1. The van der Waals surface area contributed by atoms with Gasteiger partial charge in [-0.3, -0.25) is 0 Å². The Morgan fingerprint density at radius 1 is 1.09 bits per heavy atom. The molecule has 0 unspecified atom stereocenters. The molecule has 1 aromatic heterocycles. The summed E-state index contributed by atoms with van der Waals surface area (Å²) in [6.45, 7) is 0. The molecule has 2 rings (SSSR count). The third kappa shape index (κ3) is 0.963. The molecule has 0 amide bonds. The van der Waals surface area contributed by atoms with E-state index in [-0.39, 0.29) is 5.82 Å². The lowest BCUT2D eigenvalue weighted by Crippen LogP contribution is -2.03. The van der Waals surface area contributed by atoms with Gasteiger partial charge in [0, 0.05) is 11.5 Å². The van der Waals surface area contributed by atoms with E-state index in [1.807, 2.05) is 18.2 Å². The van der Waals surface area contributed by atoms with Crippen LogP contribution in [-0.2, 0) is 0 Å². The van der Waals surface area contributed by atoms with Crippen LogP contribution in [0.4, 0.5) is 4.39 Å². The molecule has 2 heteroatoms. The third-order valence-corrected chi connectivity index (χ3v) is 1.65. The number of hydrogen-bond acceptors (Lipinski definition) is 0. The van der Waals surface area contributed by atoms with Crippen LogP contribution in [0.1, 0.15) is 0 Å². The van der Waals surface area contributed by atoms with Crippen LogP contribution in [0.2, 0.25) is 0 Å². The molecule has 0 saturated heterocycles. The monoisotopic (exact) mass is 148 g/mol. The summed E-state index contributed by atoms with van der Waals surface area (Å²) in [5.41, 5.74) is 0.565. The predicted octanol–water partition coefficient (Wildman–Crippen LogP) is 1.79. The quantitative estimate of drug-likeness (QED) is 0.540. The molecule has 0 radical (unpaired) electrons. The molecule has 54 valence electrons. The molecule has 0 aliphatic heterocycles. The average Bonchev–Trinajstić information content (AvgIpc) is 2.06. The molecule has 0 saturated carbocycles. The Balaban J connectivity index is 2.91. The Labute approximate surface area is 63.5 Å². The Hall–Kier alpha value is -1.44. The van der Waals surface area contributed by atoms with E-state index in [4.69, 9.17) is 0 Å². The number of halogens is 1. The summed E-state index contributed by atoms with van der Waals surface area (Å²) in [7, 11) is 0. The minimum atomic E-state index is -0.205. The number of fused-ring (bicyclic) bond motifs is 1. The molecule has 0 aliphatic rings. The second kappa shape index (κ2) is 2.31. The fourth-order valence-electron chi connectivity index (χ4n) is 1.12. The van der Waals surface area contributed by atoms with Crippen molar-refractivity contribution in [3.05, 3.63) is 42.3 Å². The van der Waals surface area contributed by atoms with Gasteiger partial charge in [0.1, 0.15) is 0 Å². The minimum absolute atomic E-state index is 0.205. The molecule has 11 heavy (non-hydrogen) atoms. The average molecular weight is 148 g/mol. The molecule has 0 aliphatic carbocycles. The highest BCUT2D eigenvalue weighted by Crippen LogP contribution is 2.10. The number of aromatic nitrogens is 1. The number of benzene rings is 1. The Morgan fingerprint density at radius 2 is 1.91 bits per heavy atom. The summed E-state index contributed by atoms with van der Waals surface area (Å²) < 4.78 is 13.0. The van der Waals surface area contributed by atoms with Gasteiger partial charge in [0.25, 0.3) is 0 Å². The maximum absolute atomic E-state index is 13.0. The maximum atomic E-state index is 13.0. The van der Waals surface area contributed by atoms with Gasteiger partial charge in [-0.25, -0.2) is 4.98 Å². The third-order valence-electron chi connectivity index (χ3n) is 1.65. The van der Waals surface area contributed by atoms with Crippen LogP contribution in [0.15, 0.2) is 36.5 Å². The first kappa shape index (κ1) is 6.28. The van der Waals surface area contributed by atoms with Crippen molar-refractivity contribution < 1.29 is 9.37 Å². The highest BCUT2D eigenvalue weighted by molar-refractivity contribution is 5.75. The largest absolute Gasteiger partial charge is 0.246 e. The highest BCUT2D eigenvalue weighted by Gasteiger charge is 2.03. The van der Waals surface area contributed by atoms with Gasteiger partial charge < -0.3 is 0 Å². The summed E-state index contributed by atoms with van der Waals surface area (Å²) in [5, 5.41) is 0.896. The van der Waals surface area contributed by atoms with Crippen molar-refractivity contribution in [1.82, 2.24) is 0 Å². The van der Waals surface area contributed by atoms with E-state index in [2.05, 4.69) is 4.98 Å². The first-order valence-corrected chi connectivity index (χ1v) is 3.43. The van der Waals surface area contributed by atoms with Crippen molar-refractivity contribution in [2.75, 3.05) is 0 Å². The molecular weight excluding hydrogens is 141 g/mol. The maximum Gasteiger partial charge on any atom is 0.246 e. The van der Waals surface area contributed by atoms with E-state index in [1.54, 1.807) is 12.3 Å². The van der Waals surface area contributed by atoms with Crippen molar-refractivity contribution >= 4 is 10.9 Å². The van der Waals surface area contributed by atoms with Crippen molar-refractivity contribution in [1.29, 1.82) is 0 Å². The zero-order chi connectivity index (χ0) is 7.68. The topological polar surface area (TPSA) is 14.1 Å². The van der Waals surface area contributed by atoms with Gasteiger partial charge in [-0.2, -0.15) is 4.39 Å². The van der Waals surface area contributed by atoms with Crippen molar-refractivity contribution in [2.45, 2.75) is 0 Å². The molecular formula is C9H7FN+. The van der Waals surface area contributed by atoms with Gasteiger partial charge in [0.2, 0.25) is 5.52 Å². The molecule has 1 N–H and O–H groups in total. The Bertz CT molecular complexity index is 379. The number of nitrogens with one attached hydrogen (secondary N) is 1. The van der Waals surface area contributed by atoms with E-state index in [1.165, 1.54) is 6.07 Å². The molecule has 0 atom stereocenters. The van der Waals surface area contributed by atoms with Crippen LogP contribution in [0, 0.1) is 5.82 Å². The lowest BCUT2D eigenvalue weighted by Gasteiger charge is -1.89. The fraction of sp³-hybridized carbons (Fsp3) is 0. The van der Waals surface area contributed by atoms with Crippen LogP contribution in [0.3, 0.4) is 0 Å². The Morgan fingerprint density at radius 3 is 2.73 bits per heavy atom. The normalized spacial score (nSPS) is 10.3. The van der Waals surface area contributed by atoms with Crippen LogP contribution < -0.4 is 4.98 Å². The van der Waals surface area contributed by atoms with E-state index < -0.39 is 0 Å². The molecule has 0 bridgehead atoms. The van der Waals surface area contributed by atoms with Crippen LogP contribution in [0.25, 0.3) is 10.9 Å². The molecule has 1 nitrogen and oxygen atoms in total. The molecule has 1 heterocycles. The summed E-state index contributed by atoms with van der Waals surface area (Å²) >= 11 is 0. The SMILES string of the molecule is Fc1cccc2ccc[nH+]c12. The van der Waals surface area contributed by atoms with Gasteiger partial charge in [-0.1, -0.05) is 6.07 Å². The number of H-pyrrole nitrogens is 1. The van der Waals surface area contributed by atoms with Gasteiger partial charge in [0.15, 0.2) is 12.0 Å². The van der Waals surface area contributed by atoms with Crippen LogP contribution in [-0.4, -0.2) is 0 Å². The zero-order valence-electron chi connectivity index (χ0n) is 5.84. The summed E-state index contributed by atoms with van der Waals surface area (Å²) in [5.74, 6) is -0.205. The van der Waals surface area contributed by atoms with Gasteiger partial charge in [0.05, 0.1) is 0 Å². The first-order chi connectivity index (χ1) is 5.38. The molecule has 0 spiro atoms. The first-order valence-electron chi connectivity index (χ1n) is 3.43. The smallest absolute Gasteiger partial charge is 0.209 e. The van der Waals surface area contributed by atoms with Crippen molar-refractivity contribution in [3.8, 4) is 0 Å². The lowest BCUT2D eigenvalue weighted by molar-refractivity contribution is -0.346. The van der Waals surface area contributed by atoms with Crippen molar-refractivity contribution in [2.24, 2.45) is 0 Å². The number of para-hydroxylation sites is 1. The second-order valence-electron chi connectivity index (χ2n) is 2.37. The minimum Gasteiger partial charge on any atom is -0.209 e. The fourth-order valence-corrected chi connectivity index (χ4v) is 1.12. The van der Waals surface area contributed by atoms with Gasteiger partial charge in [-0.15, -0.1) is 0 Å². The van der Waals surface area contributed by atoms with E-state index in [0.717, 1.165) is 5.39 Å². The van der Waals surface area contributed by atoms with Crippen molar-refractivity contribution in [3.63, 3.8) is 0 Å².